The minimum Gasteiger partial charge on any atom is -0.248 e. The average molecular weight is 319 g/mol. The van der Waals surface area contributed by atoms with Crippen LogP contribution in [-0.4, -0.2) is 9.96 Å². The summed E-state index contributed by atoms with van der Waals surface area (Å²) in [5, 5.41) is 9.54. The molecule has 1 unspecified atom stereocenters. The third kappa shape index (κ3) is 4.89. The van der Waals surface area contributed by atoms with Gasteiger partial charge >= 0.3 is 0 Å². The van der Waals surface area contributed by atoms with Gasteiger partial charge in [-0.05, 0) is 23.3 Å². The Morgan fingerprint density at radius 1 is 1.05 bits per heavy atom. The molecule has 0 aliphatic rings. The number of hydrogen-bond acceptors (Lipinski definition) is 3. The van der Waals surface area contributed by atoms with Gasteiger partial charge in [0.2, 0.25) is 0 Å². The zero-order valence-electron chi connectivity index (χ0n) is 11.4. The normalized spacial score (nSPS) is 13.1. The number of nitrogens with zero attached hydrogens (tertiary/aromatic N) is 2. The van der Waals surface area contributed by atoms with Crippen LogP contribution in [0.2, 0.25) is 5.02 Å². The summed E-state index contributed by atoms with van der Waals surface area (Å²) in [4.78, 5) is 0. The summed E-state index contributed by atoms with van der Waals surface area (Å²) in [6.07, 6.45) is 0. The number of halogens is 1. The third-order valence-electron chi connectivity index (χ3n) is 2.92. The molecule has 2 aromatic carbocycles. The predicted octanol–water partition coefficient (Wildman–Crippen LogP) is 4.03. The van der Waals surface area contributed by atoms with Gasteiger partial charge in [0, 0.05) is 5.02 Å². The summed E-state index contributed by atoms with van der Waals surface area (Å²) in [6, 6.07) is 18.7. The van der Waals surface area contributed by atoms with Crippen molar-refractivity contribution in [1.82, 2.24) is 0 Å². The maximum absolute atomic E-state index is 12.8. The highest BCUT2D eigenvalue weighted by Crippen LogP contribution is 2.14. The lowest BCUT2D eigenvalue weighted by atomic mass is 10.2. The number of rotatable bonds is 5. The first-order valence-electron chi connectivity index (χ1n) is 6.45. The van der Waals surface area contributed by atoms with Crippen molar-refractivity contribution in [3.05, 3.63) is 70.7 Å². The van der Waals surface area contributed by atoms with Crippen molar-refractivity contribution < 1.29 is 4.21 Å². The van der Waals surface area contributed by atoms with Gasteiger partial charge in [0.25, 0.3) is 0 Å². The fraction of sp³-hybridized carbons (Fsp3) is 0.188. The van der Waals surface area contributed by atoms with E-state index in [9.17, 15) is 4.21 Å². The Labute approximate surface area is 130 Å². The van der Waals surface area contributed by atoms with E-state index in [1.165, 1.54) is 0 Å². The monoisotopic (exact) mass is 318 g/mol. The Balaban J connectivity index is 2.21. The van der Waals surface area contributed by atoms with Crippen LogP contribution in [0.25, 0.3) is 0 Å². The van der Waals surface area contributed by atoms with Crippen LogP contribution in [0.4, 0.5) is 0 Å². The van der Waals surface area contributed by atoms with Crippen LogP contribution in [0.3, 0.4) is 0 Å². The van der Waals surface area contributed by atoms with Crippen molar-refractivity contribution in [2.24, 2.45) is 4.36 Å². The molecule has 0 saturated heterocycles. The third-order valence-corrected chi connectivity index (χ3v) is 5.14. The van der Waals surface area contributed by atoms with Crippen LogP contribution < -0.4 is 0 Å². The van der Waals surface area contributed by atoms with E-state index in [1.54, 1.807) is 12.1 Å². The average Bonchev–Trinajstić information content (AvgIpc) is 2.49. The minimum atomic E-state index is -2.58. The molecule has 0 saturated carbocycles. The first kappa shape index (κ1) is 15.6. The first-order chi connectivity index (χ1) is 10.1. The van der Waals surface area contributed by atoms with Gasteiger partial charge in [-0.25, -0.2) is 8.57 Å². The molecule has 1 atom stereocenters. The van der Waals surface area contributed by atoms with Crippen molar-refractivity contribution in [1.29, 1.82) is 5.26 Å². The van der Waals surface area contributed by atoms with E-state index in [1.807, 2.05) is 48.5 Å². The van der Waals surface area contributed by atoms with E-state index in [4.69, 9.17) is 16.9 Å². The largest absolute Gasteiger partial charge is 0.248 e. The van der Waals surface area contributed by atoms with Gasteiger partial charge in [0.15, 0.2) is 0 Å². The molecule has 0 aromatic heterocycles. The van der Waals surface area contributed by atoms with Gasteiger partial charge in [0.05, 0.1) is 28.1 Å². The summed E-state index contributed by atoms with van der Waals surface area (Å²) in [5.41, 5.74) is 1.86. The second kappa shape index (κ2) is 7.26. The molecule has 0 aliphatic heterocycles. The van der Waals surface area contributed by atoms with Gasteiger partial charge in [-0.15, -0.1) is 0 Å². The summed E-state index contributed by atoms with van der Waals surface area (Å²) >= 11 is 5.84. The molecule has 0 fully saturated rings. The second-order valence-corrected chi connectivity index (χ2v) is 7.44. The van der Waals surface area contributed by atoms with Crippen molar-refractivity contribution in [3.63, 3.8) is 0 Å². The Morgan fingerprint density at radius 2 is 1.71 bits per heavy atom. The van der Waals surface area contributed by atoms with Crippen molar-refractivity contribution in [2.45, 2.75) is 12.3 Å². The maximum Gasteiger partial charge on any atom is 0.119 e. The second-order valence-electron chi connectivity index (χ2n) is 4.62. The summed E-state index contributed by atoms with van der Waals surface area (Å²) in [7, 11) is -2.58. The van der Waals surface area contributed by atoms with Crippen LogP contribution in [0.15, 0.2) is 59.0 Å². The van der Waals surface area contributed by atoms with E-state index < -0.39 is 9.73 Å². The molecule has 0 spiro atoms. The molecule has 21 heavy (non-hydrogen) atoms. The molecule has 5 heteroatoms. The van der Waals surface area contributed by atoms with Crippen molar-refractivity contribution in [3.8, 4) is 6.07 Å². The zero-order chi connectivity index (χ0) is 15.1. The van der Waals surface area contributed by atoms with E-state index in [2.05, 4.69) is 4.36 Å². The van der Waals surface area contributed by atoms with Gasteiger partial charge in [-0.1, -0.05) is 54.1 Å². The molecular formula is C16H15ClN2OS. The molecule has 108 valence electrons. The molecule has 0 heterocycles. The SMILES string of the molecule is N#CCS(=O)(Cc1ccc(Cl)cc1)=NCc1ccccc1. The highest BCUT2D eigenvalue weighted by molar-refractivity contribution is 7.93. The lowest BCUT2D eigenvalue weighted by Crippen LogP contribution is -2.08. The van der Waals surface area contributed by atoms with Crippen LogP contribution in [0, 0.1) is 11.3 Å². The number of nitriles is 1. The van der Waals surface area contributed by atoms with Gasteiger partial charge in [-0.2, -0.15) is 5.26 Å². The highest BCUT2D eigenvalue weighted by atomic mass is 35.5. The van der Waals surface area contributed by atoms with E-state index in [0.717, 1.165) is 11.1 Å². The fourth-order valence-corrected chi connectivity index (χ4v) is 3.57. The van der Waals surface area contributed by atoms with Gasteiger partial charge in [-0.3, -0.25) is 0 Å². The Morgan fingerprint density at radius 3 is 2.33 bits per heavy atom. The van der Waals surface area contributed by atoms with Crippen LogP contribution in [0.1, 0.15) is 11.1 Å². The smallest absolute Gasteiger partial charge is 0.119 e. The molecule has 0 radical (unpaired) electrons. The Kier molecular flexibility index (Phi) is 5.38. The molecule has 2 rings (SSSR count). The molecular weight excluding hydrogens is 304 g/mol. The summed E-state index contributed by atoms with van der Waals surface area (Å²) in [5.74, 6) is 0.201. The highest BCUT2D eigenvalue weighted by Gasteiger charge is 2.10. The number of hydrogen-bond donors (Lipinski definition) is 0. The fourth-order valence-electron chi connectivity index (χ4n) is 1.86. The lowest BCUT2D eigenvalue weighted by Gasteiger charge is -2.07. The summed E-state index contributed by atoms with van der Waals surface area (Å²) < 4.78 is 17.1. The molecule has 0 N–H and O–H groups in total. The first-order valence-corrected chi connectivity index (χ1v) is 8.68. The molecule has 2 aromatic rings. The van der Waals surface area contributed by atoms with E-state index in [-0.39, 0.29) is 11.5 Å². The summed E-state index contributed by atoms with van der Waals surface area (Å²) in [6.45, 7) is 0.356. The predicted molar refractivity (Wildman–Crippen MR) is 86.4 cm³/mol. The van der Waals surface area contributed by atoms with E-state index >= 15 is 0 Å². The van der Waals surface area contributed by atoms with Gasteiger partial charge in [0.1, 0.15) is 5.75 Å². The van der Waals surface area contributed by atoms with Crippen LogP contribution in [0.5, 0.6) is 0 Å². The maximum atomic E-state index is 12.8. The standard InChI is InChI=1S/C16H15ClN2OS/c17-16-8-6-15(7-9-16)13-21(20,11-10-18)19-12-14-4-2-1-3-5-14/h1-9H,11-13H2. The Hall–Kier alpha value is -1.83. The van der Waals surface area contributed by atoms with Crippen molar-refractivity contribution >= 4 is 21.3 Å². The number of benzene rings is 2. The van der Waals surface area contributed by atoms with Crippen molar-refractivity contribution in [2.75, 3.05) is 5.75 Å². The van der Waals surface area contributed by atoms with Crippen LogP contribution >= 0.6 is 11.6 Å². The van der Waals surface area contributed by atoms with Crippen LogP contribution in [-0.2, 0) is 22.0 Å². The van der Waals surface area contributed by atoms with Gasteiger partial charge < -0.3 is 0 Å². The molecule has 0 aliphatic carbocycles. The topological polar surface area (TPSA) is 53.2 Å². The Bertz CT molecular complexity index is 742. The minimum absolute atomic E-state index is 0.0670. The zero-order valence-corrected chi connectivity index (χ0v) is 13.0. The lowest BCUT2D eigenvalue weighted by molar-refractivity contribution is 0.676. The molecule has 0 amide bonds. The quantitative estimate of drug-likeness (QED) is 0.835. The molecule has 0 bridgehead atoms. The van der Waals surface area contributed by atoms with E-state index in [0.29, 0.717) is 11.6 Å². The molecule has 3 nitrogen and oxygen atoms in total.